The maximum absolute atomic E-state index is 5.63. The normalized spacial score (nSPS) is 10.3. The number of rotatable bonds is 3. The minimum absolute atomic E-state index is 0.543. The molecule has 0 aliphatic heterocycles. The SMILES string of the molecule is COc1cc(Br)c(-c2csc(N)n2)cc1OC. The zero-order valence-electron chi connectivity index (χ0n) is 9.36. The van der Waals surface area contributed by atoms with E-state index in [0.29, 0.717) is 16.6 Å². The van der Waals surface area contributed by atoms with Crippen molar-refractivity contribution in [1.29, 1.82) is 0 Å². The van der Waals surface area contributed by atoms with Crippen molar-refractivity contribution >= 4 is 32.4 Å². The maximum Gasteiger partial charge on any atom is 0.180 e. The van der Waals surface area contributed by atoms with Gasteiger partial charge in [-0.15, -0.1) is 11.3 Å². The lowest BCUT2D eigenvalue weighted by atomic mass is 10.1. The molecule has 0 saturated heterocycles. The smallest absolute Gasteiger partial charge is 0.180 e. The molecule has 0 spiro atoms. The maximum atomic E-state index is 5.63. The molecule has 0 aliphatic rings. The van der Waals surface area contributed by atoms with Crippen LogP contribution < -0.4 is 15.2 Å². The fourth-order valence-electron chi connectivity index (χ4n) is 1.46. The molecule has 0 bridgehead atoms. The Morgan fingerprint density at radius 1 is 1.24 bits per heavy atom. The number of hydrogen-bond acceptors (Lipinski definition) is 5. The van der Waals surface area contributed by atoms with Gasteiger partial charge in [-0.2, -0.15) is 0 Å². The highest BCUT2D eigenvalue weighted by molar-refractivity contribution is 9.10. The number of nitrogens with zero attached hydrogens (tertiary/aromatic N) is 1. The van der Waals surface area contributed by atoms with Crippen LogP contribution in [-0.4, -0.2) is 19.2 Å². The number of benzene rings is 1. The van der Waals surface area contributed by atoms with Gasteiger partial charge in [0.15, 0.2) is 16.6 Å². The molecule has 0 amide bonds. The van der Waals surface area contributed by atoms with Crippen LogP contribution in [0.15, 0.2) is 22.0 Å². The van der Waals surface area contributed by atoms with E-state index in [1.807, 2.05) is 17.5 Å². The summed E-state index contributed by atoms with van der Waals surface area (Å²) in [7, 11) is 3.20. The largest absolute Gasteiger partial charge is 0.493 e. The predicted molar refractivity (Wildman–Crippen MR) is 72.8 cm³/mol. The van der Waals surface area contributed by atoms with Gasteiger partial charge in [-0.3, -0.25) is 0 Å². The quantitative estimate of drug-likeness (QED) is 0.945. The number of halogens is 1. The summed E-state index contributed by atoms with van der Waals surface area (Å²) in [5, 5.41) is 2.45. The summed E-state index contributed by atoms with van der Waals surface area (Å²) < 4.78 is 11.4. The molecule has 1 aromatic heterocycles. The molecule has 1 heterocycles. The van der Waals surface area contributed by atoms with Crippen molar-refractivity contribution in [3.63, 3.8) is 0 Å². The van der Waals surface area contributed by atoms with Crippen LogP contribution >= 0.6 is 27.3 Å². The molecular weight excluding hydrogens is 304 g/mol. The third-order valence-electron chi connectivity index (χ3n) is 2.27. The Bertz CT molecular complexity index is 542. The van der Waals surface area contributed by atoms with E-state index in [0.717, 1.165) is 15.7 Å². The molecule has 6 heteroatoms. The number of ether oxygens (including phenoxy) is 2. The molecule has 2 rings (SSSR count). The van der Waals surface area contributed by atoms with Gasteiger partial charge in [0.05, 0.1) is 19.9 Å². The number of anilines is 1. The molecule has 0 atom stereocenters. The molecule has 4 nitrogen and oxygen atoms in total. The van der Waals surface area contributed by atoms with Gasteiger partial charge >= 0.3 is 0 Å². The third kappa shape index (κ3) is 2.37. The van der Waals surface area contributed by atoms with Crippen molar-refractivity contribution < 1.29 is 9.47 Å². The average molecular weight is 315 g/mol. The van der Waals surface area contributed by atoms with Crippen LogP contribution in [0, 0.1) is 0 Å². The van der Waals surface area contributed by atoms with E-state index < -0.39 is 0 Å². The summed E-state index contributed by atoms with van der Waals surface area (Å²) in [6.07, 6.45) is 0. The second-order valence-corrected chi connectivity index (χ2v) is 5.00. The van der Waals surface area contributed by atoms with Crippen LogP contribution in [0.5, 0.6) is 11.5 Å². The van der Waals surface area contributed by atoms with Crippen molar-refractivity contribution in [2.24, 2.45) is 0 Å². The number of aromatic nitrogens is 1. The predicted octanol–water partition coefficient (Wildman–Crippen LogP) is 3.17. The van der Waals surface area contributed by atoms with Crippen LogP contribution in [0.4, 0.5) is 5.13 Å². The van der Waals surface area contributed by atoms with E-state index in [9.17, 15) is 0 Å². The average Bonchev–Trinajstić information content (AvgIpc) is 2.75. The molecule has 0 radical (unpaired) electrons. The summed E-state index contributed by atoms with van der Waals surface area (Å²) in [6.45, 7) is 0. The van der Waals surface area contributed by atoms with E-state index in [1.54, 1.807) is 14.2 Å². The van der Waals surface area contributed by atoms with E-state index in [2.05, 4.69) is 20.9 Å². The molecule has 2 N–H and O–H groups in total. The highest BCUT2D eigenvalue weighted by Gasteiger charge is 2.13. The van der Waals surface area contributed by atoms with E-state index in [1.165, 1.54) is 11.3 Å². The number of thiazole rings is 1. The summed E-state index contributed by atoms with van der Waals surface area (Å²) >= 11 is 4.89. The molecule has 0 saturated carbocycles. The van der Waals surface area contributed by atoms with Crippen LogP contribution in [0.3, 0.4) is 0 Å². The second kappa shape index (κ2) is 4.93. The molecule has 90 valence electrons. The first kappa shape index (κ1) is 12.2. The van der Waals surface area contributed by atoms with E-state index in [-0.39, 0.29) is 0 Å². The Hall–Kier alpha value is -1.27. The fourth-order valence-corrected chi connectivity index (χ4v) is 2.55. The van der Waals surface area contributed by atoms with Crippen molar-refractivity contribution in [3.8, 4) is 22.8 Å². The van der Waals surface area contributed by atoms with Crippen LogP contribution in [0.25, 0.3) is 11.3 Å². The standard InChI is InChI=1S/C11H11BrN2O2S/c1-15-9-3-6(7(12)4-10(9)16-2)8-5-17-11(13)14-8/h3-5H,1-2H3,(H2,13,14). The third-order valence-corrected chi connectivity index (χ3v) is 3.60. The Morgan fingerprint density at radius 2 is 1.88 bits per heavy atom. The van der Waals surface area contributed by atoms with Crippen LogP contribution in [-0.2, 0) is 0 Å². The Kier molecular flexibility index (Phi) is 3.54. The van der Waals surface area contributed by atoms with Crippen molar-refractivity contribution in [1.82, 2.24) is 4.98 Å². The number of hydrogen-bond donors (Lipinski definition) is 1. The molecular formula is C11H11BrN2O2S. The second-order valence-electron chi connectivity index (χ2n) is 3.26. The van der Waals surface area contributed by atoms with Gasteiger partial charge in [0.2, 0.25) is 0 Å². The zero-order valence-corrected chi connectivity index (χ0v) is 11.8. The lowest BCUT2D eigenvalue weighted by molar-refractivity contribution is 0.355. The van der Waals surface area contributed by atoms with Gasteiger partial charge in [-0.25, -0.2) is 4.98 Å². The van der Waals surface area contributed by atoms with E-state index >= 15 is 0 Å². The summed E-state index contributed by atoms with van der Waals surface area (Å²) in [6, 6.07) is 3.72. The van der Waals surface area contributed by atoms with Gasteiger partial charge in [0.1, 0.15) is 0 Å². The Morgan fingerprint density at radius 3 is 2.41 bits per heavy atom. The zero-order chi connectivity index (χ0) is 12.4. The molecule has 2 aromatic rings. The molecule has 0 aliphatic carbocycles. The number of nitrogens with two attached hydrogens (primary N) is 1. The Labute approximate surface area is 112 Å². The number of methoxy groups -OCH3 is 2. The monoisotopic (exact) mass is 314 g/mol. The summed E-state index contributed by atoms with van der Waals surface area (Å²) in [4.78, 5) is 4.24. The lowest BCUT2D eigenvalue weighted by Crippen LogP contribution is -1.92. The first-order valence-electron chi connectivity index (χ1n) is 4.78. The fraction of sp³-hybridized carbons (Fsp3) is 0.182. The minimum Gasteiger partial charge on any atom is -0.493 e. The molecule has 0 fully saturated rings. The van der Waals surface area contributed by atoms with Crippen molar-refractivity contribution in [3.05, 3.63) is 22.0 Å². The van der Waals surface area contributed by atoms with Crippen molar-refractivity contribution in [2.45, 2.75) is 0 Å². The lowest BCUT2D eigenvalue weighted by Gasteiger charge is -2.10. The summed E-state index contributed by atoms with van der Waals surface area (Å²) in [5.41, 5.74) is 7.38. The van der Waals surface area contributed by atoms with Crippen LogP contribution in [0.1, 0.15) is 0 Å². The topological polar surface area (TPSA) is 57.4 Å². The highest BCUT2D eigenvalue weighted by Crippen LogP contribution is 2.38. The van der Waals surface area contributed by atoms with Crippen LogP contribution in [0.2, 0.25) is 0 Å². The Balaban J connectivity index is 2.55. The highest BCUT2D eigenvalue weighted by atomic mass is 79.9. The van der Waals surface area contributed by atoms with Gasteiger partial charge in [0.25, 0.3) is 0 Å². The van der Waals surface area contributed by atoms with Gasteiger partial charge in [-0.05, 0) is 28.1 Å². The van der Waals surface area contributed by atoms with Crippen molar-refractivity contribution in [2.75, 3.05) is 20.0 Å². The first-order valence-corrected chi connectivity index (χ1v) is 6.46. The number of nitrogen functional groups attached to an aromatic ring is 1. The minimum atomic E-state index is 0.543. The summed E-state index contributed by atoms with van der Waals surface area (Å²) in [5.74, 6) is 1.34. The molecule has 17 heavy (non-hydrogen) atoms. The molecule has 1 aromatic carbocycles. The van der Waals surface area contributed by atoms with Gasteiger partial charge in [-0.1, -0.05) is 0 Å². The first-order chi connectivity index (χ1) is 8.15. The van der Waals surface area contributed by atoms with E-state index in [4.69, 9.17) is 15.2 Å². The van der Waals surface area contributed by atoms with Gasteiger partial charge in [0, 0.05) is 15.4 Å². The molecule has 0 unspecified atom stereocenters. The van der Waals surface area contributed by atoms with Gasteiger partial charge < -0.3 is 15.2 Å².